The fraction of sp³-hybridized carbons (Fsp3) is 0.394. The normalized spacial score (nSPS) is 18.4. The molecule has 1 aliphatic rings. The van der Waals surface area contributed by atoms with Crippen LogP contribution in [-0.2, 0) is 32.2 Å². The summed E-state index contributed by atoms with van der Waals surface area (Å²) in [6.45, 7) is 0.411. The van der Waals surface area contributed by atoms with Crippen molar-refractivity contribution in [3.05, 3.63) is 95.1 Å². The Kier molecular flexibility index (Phi) is 12.3. The number of amides is 1. The predicted molar refractivity (Wildman–Crippen MR) is 161 cm³/mol. The van der Waals surface area contributed by atoms with Crippen LogP contribution in [0.25, 0.3) is 0 Å². The van der Waals surface area contributed by atoms with Gasteiger partial charge in [0.15, 0.2) is 6.29 Å². The number of carbonyl (C=O) groups is 2. The summed E-state index contributed by atoms with van der Waals surface area (Å²) in [4.78, 5) is 23.8. The van der Waals surface area contributed by atoms with Crippen LogP contribution in [0.3, 0.4) is 0 Å². The van der Waals surface area contributed by atoms with Crippen molar-refractivity contribution in [3.8, 4) is 5.75 Å². The second kappa shape index (κ2) is 16.3. The minimum atomic E-state index is -0.804. The van der Waals surface area contributed by atoms with Gasteiger partial charge in [-0.1, -0.05) is 67.1 Å². The van der Waals surface area contributed by atoms with Gasteiger partial charge in [-0.3, -0.25) is 9.59 Å². The fourth-order valence-electron chi connectivity index (χ4n) is 4.76. The number of para-hydroxylation sites is 1. The Hall–Kier alpha value is -3.37. The number of carbonyl (C=O) groups excluding carboxylic acids is 1. The van der Waals surface area contributed by atoms with E-state index in [-0.39, 0.29) is 31.1 Å². The van der Waals surface area contributed by atoms with Gasteiger partial charge in [0.2, 0.25) is 5.91 Å². The lowest BCUT2D eigenvalue weighted by atomic mass is 10.0. The molecule has 1 amide bonds. The molecule has 3 aromatic rings. The highest BCUT2D eigenvalue weighted by atomic mass is 32.2. The van der Waals surface area contributed by atoms with Gasteiger partial charge < -0.3 is 29.7 Å². The predicted octanol–water partition coefficient (Wildman–Crippen LogP) is 6.18. The number of aliphatic carboxylic acids is 1. The summed E-state index contributed by atoms with van der Waals surface area (Å²) in [5.41, 5.74) is 3.75. The highest BCUT2D eigenvalue weighted by Crippen LogP contribution is 2.40. The van der Waals surface area contributed by atoms with Crippen LogP contribution in [0.1, 0.15) is 73.2 Å². The first kappa shape index (κ1) is 31.6. The molecule has 3 atom stereocenters. The molecule has 1 aliphatic heterocycles. The van der Waals surface area contributed by atoms with Gasteiger partial charge >= 0.3 is 5.97 Å². The van der Waals surface area contributed by atoms with E-state index in [1.807, 2.05) is 72.8 Å². The molecule has 0 unspecified atom stereocenters. The first-order valence-corrected chi connectivity index (χ1v) is 15.3. The van der Waals surface area contributed by atoms with Crippen LogP contribution in [0.5, 0.6) is 5.75 Å². The van der Waals surface area contributed by atoms with Gasteiger partial charge in [-0.2, -0.15) is 0 Å². The van der Waals surface area contributed by atoms with Crippen molar-refractivity contribution in [2.75, 3.05) is 12.9 Å². The van der Waals surface area contributed by atoms with Gasteiger partial charge in [0.05, 0.1) is 25.9 Å². The topological polar surface area (TPSA) is 114 Å². The standard InChI is InChI=1S/C33H39NO7S/c1-39-28-7-5-6-8-30(28)42-22-27-19-29(25-15-13-24(21-35)14-16-25)41-33(40-27)26-17-11-23(12-18-26)20-34-31(36)9-3-2-4-10-32(37)38/h5-8,11-18,27,29,33,35H,2-4,9-10,19-22H2,1H3,(H,34,36)(H,37,38)/t27-,29+,33+/m1/s1. The SMILES string of the molecule is COc1ccccc1SC[C@H]1C[C@@H](c2ccc(CO)cc2)O[C@@H](c2ccc(CNC(=O)CCCCCC(=O)O)cc2)O1. The van der Waals surface area contributed by atoms with Crippen molar-refractivity contribution in [1.82, 2.24) is 5.32 Å². The number of carboxylic acid groups (broad SMARTS) is 1. The summed E-state index contributed by atoms with van der Waals surface area (Å²) in [6.07, 6.45) is 2.40. The first-order chi connectivity index (χ1) is 20.4. The van der Waals surface area contributed by atoms with E-state index in [2.05, 4.69) is 5.32 Å². The number of ether oxygens (including phenoxy) is 3. The molecule has 3 N–H and O–H groups in total. The van der Waals surface area contributed by atoms with Crippen LogP contribution in [0.2, 0.25) is 0 Å². The lowest BCUT2D eigenvalue weighted by Gasteiger charge is -2.36. The van der Waals surface area contributed by atoms with Crippen molar-refractivity contribution in [2.45, 2.75) is 75.1 Å². The second-order valence-electron chi connectivity index (χ2n) is 10.3. The number of aliphatic hydroxyl groups is 1. The zero-order valence-corrected chi connectivity index (χ0v) is 24.7. The Morgan fingerprint density at radius 3 is 2.31 bits per heavy atom. The average molecular weight is 594 g/mol. The number of nitrogens with one attached hydrogen (secondary N) is 1. The Balaban J connectivity index is 1.37. The van der Waals surface area contributed by atoms with Gasteiger partial charge in [0.25, 0.3) is 0 Å². The molecule has 0 aliphatic carbocycles. The number of hydrogen-bond acceptors (Lipinski definition) is 7. The van der Waals surface area contributed by atoms with E-state index in [4.69, 9.17) is 19.3 Å². The number of unbranched alkanes of at least 4 members (excludes halogenated alkanes) is 2. The lowest BCUT2D eigenvalue weighted by Crippen LogP contribution is -2.31. The minimum Gasteiger partial charge on any atom is -0.496 e. The molecule has 0 radical (unpaired) electrons. The quantitative estimate of drug-likeness (QED) is 0.142. The number of rotatable bonds is 15. The third kappa shape index (κ3) is 9.59. The summed E-state index contributed by atoms with van der Waals surface area (Å²) in [6, 6.07) is 23.7. The highest BCUT2D eigenvalue weighted by Gasteiger charge is 2.32. The van der Waals surface area contributed by atoms with Crippen LogP contribution in [0.15, 0.2) is 77.7 Å². The molecule has 4 rings (SSSR count). The van der Waals surface area contributed by atoms with Crippen molar-refractivity contribution in [2.24, 2.45) is 0 Å². The van der Waals surface area contributed by atoms with Crippen molar-refractivity contribution in [1.29, 1.82) is 0 Å². The molecule has 8 nitrogen and oxygen atoms in total. The molecule has 1 saturated heterocycles. The van der Waals surface area contributed by atoms with Gasteiger partial charge in [-0.25, -0.2) is 0 Å². The molecular weight excluding hydrogens is 554 g/mol. The summed E-state index contributed by atoms with van der Waals surface area (Å²) >= 11 is 1.69. The summed E-state index contributed by atoms with van der Waals surface area (Å²) in [7, 11) is 1.67. The third-order valence-electron chi connectivity index (χ3n) is 7.14. The molecule has 42 heavy (non-hydrogen) atoms. The average Bonchev–Trinajstić information content (AvgIpc) is 3.02. The maximum absolute atomic E-state index is 12.2. The molecule has 1 fully saturated rings. The molecule has 0 bridgehead atoms. The van der Waals surface area contributed by atoms with Crippen LogP contribution in [0.4, 0.5) is 0 Å². The van der Waals surface area contributed by atoms with Crippen LogP contribution in [0, 0.1) is 0 Å². The second-order valence-corrected chi connectivity index (χ2v) is 11.3. The number of methoxy groups -OCH3 is 1. The molecule has 3 aromatic carbocycles. The van der Waals surface area contributed by atoms with Gasteiger partial charge in [0.1, 0.15) is 5.75 Å². The molecule has 0 saturated carbocycles. The Bertz CT molecular complexity index is 1280. The molecular formula is C33H39NO7S. The van der Waals surface area contributed by atoms with Crippen molar-refractivity contribution < 1.29 is 34.0 Å². The highest BCUT2D eigenvalue weighted by molar-refractivity contribution is 7.99. The van der Waals surface area contributed by atoms with Crippen molar-refractivity contribution in [3.63, 3.8) is 0 Å². The monoisotopic (exact) mass is 593 g/mol. The Morgan fingerprint density at radius 2 is 1.60 bits per heavy atom. The van der Waals surface area contributed by atoms with E-state index in [0.717, 1.165) is 45.1 Å². The number of carboxylic acids is 1. The number of thioether (sulfide) groups is 1. The van der Waals surface area contributed by atoms with Crippen LogP contribution < -0.4 is 10.1 Å². The maximum Gasteiger partial charge on any atom is 0.303 e. The van der Waals surface area contributed by atoms with Gasteiger partial charge in [-0.15, -0.1) is 11.8 Å². The molecule has 224 valence electrons. The number of aliphatic hydroxyl groups excluding tert-OH is 1. The van der Waals surface area contributed by atoms with E-state index < -0.39 is 12.3 Å². The van der Waals surface area contributed by atoms with Crippen LogP contribution >= 0.6 is 11.8 Å². The third-order valence-corrected chi connectivity index (χ3v) is 8.33. The van der Waals surface area contributed by atoms with Crippen molar-refractivity contribution >= 4 is 23.6 Å². The zero-order valence-electron chi connectivity index (χ0n) is 23.9. The van der Waals surface area contributed by atoms with E-state index in [0.29, 0.717) is 32.2 Å². The summed E-state index contributed by atoms with van der Waals surface area (Å²) < 4.78 is 18.4. The lowest BCUT2D eigenvalue weighted by molar-refractivity contribution is -0.245. The smallest absolute Gasteiger partial charge is 0.303 e. The van der Waals surface area contributed by atoms with E-state index >= 15 is 0 Å². The summed E-state index contributed by atoms with van der Waals surface area (Å²) in [5.74, 6) is 0.717. The number of hydrogen-bond donors (Lipinski definition) is 3. The van der Waals surface area contributed by atoms with Crippen LogP contribution in [-0.4, -0.2) is 41.1 Å². The molecule has 9 heteroatoms. The largest absolute Gasteiger partial charge is 0.496 e. The first-order valence-electron chi connectivity index (χ1n) is 14.3. The van der Waals surface area contributed by atoms with E-state index in [9.17, 15) is 14.7 Å². The zero-order chi connectivity index (χ0) is 29.7. The Labute approximate surface area is 251 Å². The van der Waals surface area contributed by atoms with E-state index in [1.54, 1.807) is 18.9 Å². The maximum atomic E-state index is 12.2. The molecule has 0 spiro atoms. The van der Waals surface area contributed by atoms with Gasteiger partial charge in [0, 0.05) is 42.0 Å². The van der Waals surface area contributed by atoms with E-state index in [1.165, 1.54) is 0 Å². The number of benzene rings is 3. The Morgan fingerprint density at radius 1 is 0.905 bits per heavy atom. The molecule has 1 heterocycles. The summed E-state index contributed by atoms with van der Waals surface area (Å²) in [5, 5.41) is 21.1. The van der Waals surface area contributed by atoms with Gasteiger partial charge in [-0.05, 0) is 41.7 Å². The molecule has 0 aromatic heterocycles. The minimum absolute atomic E-state index is 0.00465. The fourth-order valence-corrected chi connectivity index (χ4v) is 5.81.